The fourth-order valence-electron chi connectivity index (χ4n) is 1.71. The van der Waals surface area contributed by atoms with Crippen molar-refractivity contribution in [2.45, 2.75) is 19.3 Å². The number of amides is 1. The number of carboxylic acid groups (broad SMARTS) is 1. The van der Waals surface area contributed by atoms with Gasteiger partial charge in [0, 0.05) is 5.69 Å². The number of nitriles is 1. The van der Waals surface area contributed by atoms with E-state index in [4.69, 9.17) is 10.4 Å². The van der Waals surface area contributed by atoms with E-state index in [1.165, 1.54) is 0 Å². The van der Waals surface area contributed by atoms with Crippen LogP contribution in [0.2, 0.25) is 0 Å². The summed E-state index contributed by atoms with van der Waals surface area (Å²) in [7, 11) is 0. The molecule has 1 aromatic carbocycles. The minimum absolute atomic E-state index is 0.313. The predicted octanol–water partition coefficient (Wildman–Crippen LogP) is 1.56. The Bertz CT molecular complexity index is 524. The van der Waals surface area contributed by atoms with E-state index < -0.39 is 17.3 Å². The number of aliphatic carboxylic acids is 1. The Balaban J connectivity index is 2.04. The highest BCUT2D eigenvalue weighted by Gasteiger charge is 2.57. The molecule has 0 unspecified atom stereocenters. The lowest BCUT2D eigenvalue weighted by Gasteiger charge is -2.10. The van der Waals surface area contributed by atoms with Crippen molar-refractivity contribution in [3.63, 3.8) is 0 Å². The average molecular weight is 244 g/mol. The number of hydrogen-bond acceptors (Lipinski definition) is 3. The first-order valence-electron chi connectivity index (χ1n) is 5.59. The Labute approximate surface area is 104 Å². The van der Waals surface area contributed by atoms with Crippen molar-refractivity contribution in [2.75, 3.05) is 5.32 Å². The number of hydrogen-bond donors (Lipinski definition) is 2. The summed E-state index contributed by atoms with van der Waals surface area (Å²) in [5, 5.41) is 20.1. The quantitative estimate of drug-likeness (QED) is 0.786. The minimum Gasteiger partial charge on any atom is -0.480 e. The van der Waals surface area contributed by atoms with Crippen molar-refractivity contribution in [3.8, 4) is 6.07 Å². The van der Waals surface area contributed by atoms with Gasteiger partial charge in [-0.2, -0.15) is 5.26 Å². The van der Waals surface area contributed by atoms with Gasteiger partial charge in [-0.3, -0.25) is 9.59 Å². The highest BCUT2D eigenvalue weighted by molar-refractivity contribution is 6.10. The molecule has 5 nitrogen and oxygen atoms in total. The van der Waals surface area contributed by atoms with Crippen molar-refractivity contribution >= 4 is 17.6 Å². The lowest BCUT2D eigenvalue weighted by molar-refractivity contribution is -0.147. The molecule has 1 saturated carbocycles. The van der Waals surface area contributed by atoms with Crippen LogP contribution >= 0.6 is 0 Å². The Morgan fingerprint density at radius 3 is 2.39 bits per heavy atom. The van der Waals surface area contributed by atoms with Gasteiger partial charge in [-0.05, 0) is 30.5 Å². The maximum Gasteiger partial charge on any atom is 0.319 e. The van der Waals surface area contributed by atoms with Crippen LogP contribution in [-0.2, 0) is 16.0 Å². The molecular weight excluding hydrogens is 232 g/mol. The van der Waals surface area contributed by atoms with Crippen LogP contribution in [0.15, 0.2) is 24.3 Å². The summed E-state index contributed by atoms with van der Waals surface area (Å²) in [5.41, 5.74) is 0.176. The van der Waals surface area contributed by atoms with Crippen LogP contribution in [0.25, 0.3) is 0 Å². The number of anilines is 1. The third kappa shape index (κ3) is 2.18. The molecule has 92 valence electrons. The molecule has 0 aromatic heterocycles. The van der Waals surface area contributed by atoms with E-state index in [-0.39, 0.29) is 0 Å². The van der Waals surface area contributed by atoms with E-state index in [0.717, 1.165) is 5.56 Å². The first-order valence-corrected chi connectivity index (χ1v) is 5.59. The zero-order chi connectivity index (χ0) is 13.2. The van der Waals surface area contributed by atoms with E-state index in [2.05, 4.69) is 5.32 Å². The summed E-state index contributed by atoms with van der Waals surface area (Å²) in [4.78, 5) is 22.8. The van der Waals surface area contributed by atoms with Gasteiger partial charge in [-0.25, -0.2) is 0 Å². The van der Waals surface area contributed by atoms with E-state index >= 15 is 0 Å². The second kappa shape index (κ2) is 4.49. The molecule has 1 aromatic rings. The van der Waals surface area contributed by atoms with Gasteiger partial charge < -0.3 is 10.4 Å². The van der Waals surface area contributed by atoms with Crippen molar-refractivity contribution in [3.05, 3.63) is 29.8 Å². The van der Waals surface area contributed by atoms with Gasteiger partial charge in [0.1, 0.15) is 5.41 Å². The minimum atomic E-state index is -1.23. The normalized spacial score (nSPS) is 15.5. The van der Waals surface area contributed by atoms with Gasteiger partial charge in [0.15, 0.2) is 0 Å². The molecule has 2 rings (SSSR count). The van der Waals surface area contributed by atoms with Gasteiger partial charge >= 0.3 is 5.97 Å². The van der Waals surface area contributed by atoms with E-state index in [1.54, 1.807) is 24.3 Å². The molecule has 18 heavy (non-hydrogen) atoms. The highest BCUT2D eigenvalue weighted by Crippen LogP contribution is 2.46. The number of rotatable bonds is 4. The molecule has 0 aliphatic heterocycles. The van der Waals surface area contributed by atoms with E-state index in [0.29, 0.717) is 24.9 Å². The zero-order valence-corrected chi connectivity index (χ0v) is 9.64. The monoisotopic (exact) mass is 244 g/mol. The van der Waals surface area contributed by atoms with Crippen LogP contribution in [0, 0.1) is 16.7 Å². The molecule has 0 atom stereocenters. The first-order chi connectivity index (χ1) is 8.58. The first kappa shape index (κ1) is 12.1. The number of carbonyl (C=O) groups is 2. The molecule has 2 N–H and O–H groups in total. The summed E-state index contributed by atoms with van der Waals surface area (Å²) >= 11 is 0. The third-order valence-electron chi connectivity index (χ3n) is 3.09. The smallest absolute Gasteiger partial charge is 0.319 e. The number of carbonyl (C=O) groups excluding carboxylic acids is 1. The van der Waals surface area contributed by atoms with Gasteiger partial charge in [0.25, 0.3) is 0 Å². The predicted molar refractivity (Wildman–Crippen MR) is 63.7 cm³/mol. The van der Waals surface area contributed by atoms with Gasteiger partial charge in [-0.1, -0.05) is 12.1 Å². The van der Waals surface area contributed by atoms with Gasteiger partial charge in [0.05, 0.1) is 12.5 Å². The number of benzene rings is 1. The second-order valence-electron chi connectivity index (χ2n) is 4.37. The molecule has 0 spiro atoms. The SMILES string of the molecule is N#CCc1ccc(NC(=O)C2(C(=O)O)CC2)cc1. The summed E-state index contributed by atoms with van der Waals surface area (Å²) in [6, 6.07) is 8.84. The van der Waals surface area contributed by atoms with Crippen LogP contribution in [0.3, 0.4) is 0 Å². The molecule has 1 aliphatic carbocycles. The van der Waals surface area contributed by atoms with Crippen LogP contribution in [0.1, 0.15) is 18.4 Å². The summed E-state index contributed by atoms with van der Waals surface area (Å²) in [5.74, 6) is -1.54. The van der Waals surface area contributed by atoms with Crippen molar-refractivity contribution in [2.24, 2.45) is 5.41 Å². The van der Waals surface area contributed by atoms with E-state index in [1.807, 2.05) is 6.07 Å². The average Bonchev–Trinajstić information content (AvgIpc) is 3.13. The Hall–Kier alpha value is -2.35. The van der Waals surface area contributed by atoms with Gasteiger partial charge in [0.2, 0.25) is 5.91 Å². The second-order valence-corrected chi connectivity index (χ2v) is 4.37. The standard InChI is InChI=1S/C13H12N2O3/c14-8-5-9-1-3-10(4-2-9)15-11(16)13(6-7-13)12(17)18/h1-4H,5-7H2,(H,15,16)(H,17,18). The highest BCUT2D eigenvalue weighted by atomic mass is 16.4. The maximum atomic E-state index is 11.8. The van der Waals surface area contributed by atoms with E-state index in [9.17, 15) is 9.59 Å². The van der Waals surface area contributed by atoms with Crippen LogP contribution in [0.5, 0.6) is 0 Å². The fraction of sp³-hybridized carbons (Fsp3) is 0.308. The molecular formula is C13H12N2O3. The van der Waals surface area contributed by atoms with Crippen molar-refractivity contribution < 1.29 is 14.7 Å². The van der Waals surface area contributed by atoms with Crippen LogP contribution in [0.4, 0.5) is 5.69 Å². The summed E-state index contributed by atoms with van der Waals surface area (Å²) in [6.45, 7) is 0. The number of carboxylic acids is 1. The topological polar surface area (TPSA) is 90.2 Å². The van der Waals surface area contributed by atoms with Gasteiger partial charge in [-0.15, -0.1) is 0 Å². The maximum absolute atomic E-state index is 11.8. The Kier molecular flexibility index (Phi) is 3.02. The molecule has 0 bridgehead atoms. The molecule has 1 fully saturated rings. The van der Waals surface area contributed by atoms with Crippen LogP contribution in [-0.4, -0.2) is 17.0 Å². The van der Waals surface area contributed by atoms with Crippen molar-refractivity contribution in [1.29, 1.82) is 5.26 Å². The lowest BCUT2D eigenvalue weighted by atomic mass is 10.1. The molecule has 0 radical (unpaired) electrons. The molecule has 0 saturated heterocycles. The van der Waals surface area contributed by atoms with Crippen molar-refractivity contribution in [1.82, 2.24) is 0 Å². The third-order valence-corrected chi connectivity index (χ3v) is 3.09. The molecule has 0 heterocycles. The fourth-order valence-corrected chi connectivity index (χ4v) is 1.71. The molecule has 1 aliphatic rings. The number of nitrogens with zero attached hydrogens (tertiary/aromatic N) is 1. The Morgan fingerprint density at radius 2 is 1.94 bits per heavy atom. The molecule has 1 amide bonds. The lowest BCUT2D eigenvalue weighted by Crippen LogP contribution is -2.31. The Morgan fingerprint density at radius 1 is 1.33 bits per heavy atom. The summed E-state index contributed by atoms with van der Waals surface area (Å²) in [6.07, 6.45) is 1.09. The summed E-state index contributed by atoms with van der Waals surface area (Å²) < 4.78 is 0. The number of nitrogens with one attached hydrogen (secondary N) is 1. The largest absolute Gasteiger partial charge is 0.480 e. The zero-order valence-electron chi connectivity index (χ0n) is 9.64. The van der Waals surface area contributed by atoms with Crippen LogP contribution < -0.4 is 5.32 Å². The molecule has 5 heteroatoms.